The van der Waals surface area contributed by atoms with E-state index in [2.05, 4.69) is 39.2 Å². The molecule has 0 spiro atoms. The second-order valence-electron chi connectivity index (χ2n) is 6.35. The second kappa shape index (κ2) is 8.45. The van der Waals surface area contributed by atoms with Gasteiger partial charge >= 0.3 is 0 Å². The molecule has 0 radical (unpaired) electrons. The lowest BCUT2D eigenvalue weighted by molar-refractivity contribution is -0.117. The SMILES string of the molecule is CCc1cccc(NC(=O)CN2CCN(c3ncccc3C#N)CC2)c1. The minimum absolute atomic E-state index is 0.00209. The van der Waals surface area contributed by atoms with Crippen molar-refractivity contribution in [2.24, 2.45) is 0 Å². The summed E-state index contributed by atoms with van der Waals surface area (Å²) >= 11 is 0. The van der Waals surface area contributed by atoms with Crippen LogP contribution in [-0.2, 0) is 11.2 Å². The number of amides is 1. The quantitative estimate of drug-likeness (QED) is 0.896. The molecule has 26 heavy (non-hydrogen) atoms. The van der Waals surface area contributed by atoms with E-state index >= 15 is 0 Å². The van der Waals surface area contributed by atoms with Gasteiger partial charge in [-0.1, -0.05) is 19.1 Å². The van der Waals surface area contributed by atoms with Crippen molar-refractivity contribution < 1.29 is 4.79 Å². The number of rotatable bonds is 5. The lowest BCUT2D eigenvalue weighted by Gasteiger charge is -2.35. The molecule has 0 aliphatic carbocycles. The van der Waals surface area contributed by atoms with Gasteiger partial charge < -0.3 is 10.2 Å². The normalized spacial score (nSPS) is 14.7. The number of nitrogens with one attached hydrogen (secondary N) is 1. The van der Waals surface area contributed by atoms with Gasteiger partial charge in [0.2, 0.25) is 5.91 Å². The van der Waals surface area contributed by atoms with E-state index in [0.717, 1.165) is 44.1 Å². The minimum Gasteiger partial charge on any atom is -0.353 e. The molecule has 3 rings (SSSR count). The maximum atomic E-state index is 12.3. The van der Waals surface area contributed by atoms with E-state index in [0.29, 0.717) is 12.1 Å². The van der Waals surface area contributed by atoms with Crippen LogP contribution in [0.15, 0.2) is 42.6 Å². The number of carbonyl (C=O) groups excluding carboxylic acids is 1. The van der Waals surface area contributed by atoms with Crippen LogP contribution in [0, 0.1) is 11.3 Å². The smallest absolute Gasteiger partial charge is 0.238 e. The minimum atomic E-state index is 0.00209. The van der Waals surface area contributed by atoms with Gasteiger partial charge in [-0.15, -0.1) is 0 Å². The molecule has 1 aliphatic heterocycles. The molecular formula is C20H23N5O. The van der Waals surface area contributed by atoms with Gasteiger partial charge in [-0.25, -0.2) is 4.98 Å². The molecule has 2 heterocycles. The number of aryl methyl sites for hydroxylation is 1. The number of hydrogen-bond donors (Lipinski definition) is 1. The summed E-state index contributed by atoms with van der Waals surface area (Å²) in [5.41, 5.74) is 2.65. The van der Waals surface area contributed by atoms with Crippen LogP contribution in [0.25, 0.3) is 0 Å². The monoisotopic (exact) mass is 349 g/mol. The van der Waals surface area contributed by atoms with Crippen molar-refractivity contribution >= 4 is 17.4 Å². The average molecular weight is 349 g/mol. The molecule has 1 aromatic heterocycles. The Morgan fingerprint density at radius 1 is 1.23 bits per heavy atom. The van der Waals surface area contributed by atoms with Gasteiger partial charge in [-0.3, -0.25) is 9.69 Å². The van der Waals surface area contributed by atoms with Crippen molar-refractivity contribution in [3.05, 3.63) is 53.7 Å². The fraction of sp³-hybridized carbons (Fsp3) is 0.350. The van der Waals surface area contributed by atoms with Gasteiger partial charge in [0, 0.05) is 38.1 Å². The first kappa shape index (κ1) is 17.9. The van der Waals surface area contributed by atoms with Crippen molar-refractivity contribution in [3.8, 4) is 6.07 Å². The Morgan fingerprint density at radius 2 is 2.04 bits per heavy atom. The Hall–Kier alpha value is -2.91. The summed E-state index contributed by atoms with van der Waals surface area (Å²) in [7, 11) is 0. The fourth-order valence-corrected chi connectivity index (χ4v) is 3.13. The Labute approximate surface area is 154 Å². The first-order valence-electron chi connectivity index (χ1n) is 8.91. The van der Waals surface area contributed by atoms with Crippen molar-refractivity contribution in [2.75, 3.05) is 42.9 Å². The van der Waals surface area contributed by atoms with Crippen molar-refractivity contribution in [2.45, 2.75) is 13.3 Å². The summed E-state index contributed by atoms with van der Waals surface area (Å²) in [6.45, 7) is 5.51. The van der Waals surface area contributed by atoms with Crippen LogP contribution >= 0.6 is 0 Å². The van der Waals surface area contributed by atoms with Crippen LogP contribution in [0.4, 0.5) is 11.5 Å². The Balaban J connectivity index is 1.52. The molecule has 6 heteroatoms. The highest BCUT2D eigenvalue weighted by molar-refractivity contribution is 5.92. The van der Waals surface area contributed by atoms with Crippen molar-refractivity contribution in [3.63, 3.8) is 0 Å². The number of nitrogens with zero attached hydrogens (tertiary/aromatic N) is 4. The van der Waals surface area contributed by atoms with E-state index in [1.807, 2.05) is 18.2 Å². The molecule has 134 valence electrons. The van der Waals surface area contributed by atoms with Gasteiger partial charge in [-0.2, -0.15) is 5.26 Å². The molecule has 0 unspecified atom stereocenters. The highest BCUT2D eigenvalue weighted by atomic mass is 16.2. The molecule has 1 saturated heterocycles. The number of nitriles is 1. The fourth-order valence-electron chi connectivity index (χ4n) is 3.13. The highest BCUT2D eigenvalue weighted by Gasteiger charge is 2.21. The first-order valence-corrected chi connectivity index (χ1v) is 8.91. The summed E-state index contributed by atoms with van der Waals surface area (Å²) in [6, 6.07) is 13.7. The number of pyridine rings is 1. The second-order valence-corrected chi connectivity index (χ2v) is 6.35. The van der Waals surface area contributed by atoms with E-state index in [4.69, 9.17) is 0 Å². The van der Waals surface area contributed by atoms with Crippen LogP contribution in [0.3, 0.4) is 0 Å². The van der Waals surface area contributed by atoms with Gasteiger partial charge in [-0.05, 0) is 36.2 Å². The lowest BCUT2D eigenvalue weighted by atomic mass is 10.1. The zero-order valence-corrected chi connectivity index (χ0v) is 15.0. The molecule has 1 aliphatic rings. The zero-order chi connectivity index (χ0) is 18.4. The summed E-state index contributed by atoms with van der Waals surface area (Å²) in [5, 5.41) is 12.2. The third-order valence-electron chi connectivity index (χ3n) is 4.57. The third-order valence-corrected chi connectivity index (χ3v) is 4.57. The number of aromatic nitrogens is 1. The molecule has 1 aromatic carbocycles. The predicted molar refractivity (Wildman–Crippen MR) is 102 cm³/mol. The number of piperazine rings is 1. The van der Waals surface area contributed by atoms with Crippen molar-refractivity contribution in [1.29, 1.82) is 5.26 Å². The third kappa shape index (κ3) is 4.38. The molecule has 0 bridgehead atoms. The van der Waals surface area contributed by atoms with E-state index in [-0.39, 0.29) is 5.91 Å². The van der Waals surface area contributed by atoms with E-state index in [9.17, 15) is 10.1 Å². The summed E-state index contributed by atoms with van der Waals surface area (Å²) < 4.78 is 0. The van der Waals surface area contributed by atoms with Crippen LogP contribution < -0.4 is 10.2 Å². The van der Waals surface area contributed by atoms with Crippen LogP contribution in [-0.4, -0.2) is 48.5 Å². The molecular weight excluding hydrogens is 326 g/mol. The molecule has 0 saturated carbocycles. The molecule has 6 nitrogen and oxygen atoms in total. The molecule has 0 atom stereocenters. The van der Waals surface area contributed by atoms with E-state index < -0.39 is 0 Å². The van der Waals surface area contributed by atoms with E-state index in [1.165, 1.54) is 5.56 Å². The molecule has 1 fully saturated rings. The molecule has 2 aromatic rings. The van der Waals surface area contributed by atoms with Crippen molar-refractivity contribution in [1.82, 2.24) is 9.88 Å². The van der Waals surface area contributed by atoms with Crippen LogP contribution in [0.2, 0.25) is 0 Å². The lowest BCUT2D eigenvalue weighted by Crippen LogP contribution is -2.49. The zero-order valence-electron chi connectivity index (χ0n) is 15.0. The number of anilines is 2. The molecule has 1 N–H and O–H groups in total. The number of carbonyl (C=O) groups is 1. The van der Waals surface area contributed by atoms with Gasteiger partial charge in [0.1, 0.15) is 11.9 Å². The van der Waals surface area contributed by atoms with Gasteiger partial charge in [0.05, 0.1) is 12.1 Å². The summed E-state index contributed by atoms with van der Waals surface area (Å²) in [6.07, 6.45) is 2.66. The number of benzene rings is 1. The highest BCUT2D eigenvalue weighted by Crippen LogP contribution is 2.18. The summed E-state index contributed by atoms with van der Waals surface area (Å²) in [5.74, 6) is 0.734. The summed E-state index contributed by atoms with van der Waals surface area (Å²) in [4.78, 5) is 20.9. The molecule has 1 amide bonds. The topological polar surface area (TPSA) is 72.3 Å². The first-order chi connectivity index (χ1) is 12.7. The Bertz CT molecular complexity index is 806. The largest absolute Gasteiger partial charge is 0.353 e. The van der Waals surface area contributed by atoms with Crippen LogP contribution in [0.1, 0.15) is 18.1 Å². The Kier molecular flexibility index (Phi) is 5.82. The van der Waals surface area contributed by atoms with Gasteiger partial charge in [0.15, 0.2) is 0 Å². The predicted octanol–water partition coefficient (Wildman–Crippen LogP) is 2.28. The van der Waals surface area contributed by atoms with E-state index in [1.54, 1.807) is 18.3 Å². The maximum Gasteiger partial charge on any atom is 0.238 e. The maximum absolute atomic E-state index is 12.3. The van der Waals surface area contributed by atoms with Gasteiger partial charge in [0.25, 0.3) is 0 Å². The standard InChI is InChI=1S/C20H23N5O/c1-2-16-5-3-7-18(13-16)23-19(26)15-24-9-11-25(12-10-24)20-17(14-21)6-4-8-22-20/h3-8,13H,2,9-12,15H2,1H3,(H,23,26). The van der Waals surface area contributed by atoms with Crippen LogP contribution in [0.5, 0.6) is 0 Å². The Morgan fingerprint density at radius 3 is 2.77 bits per heavy atom. The number of hydrogen-bond acceptors (Lipinski definition) is 5. The average Bonchev–Trinajstić information content (AvgIpc) is 2.68.